The van der Waals surface area contributed by atoms with Gasteiger partial charge in [0.1, 0.15) is 11.5 Å². The fourth-order valence-electron chi connectivity index (χ4n) is 3.80. The summed E-state index contributed by atoms with van der Waals surface area (Å²) in [5.41, 5.74) is 6.01. The van der Waals surface area contributed by atoms with Crippen molar-refractivity contribution in [2.24, 2.45) is 0 Å². The summed E-state index contributed by atoms with van der Waals surface area (Å²) < 4.78 is 13.7. The van der Waals surface area contributed by atoms with E-state index in [0.717, 1.165) is 22.3 Å². The van der Waals surface area contributed by atoms with E-state index in [1.807, 2.05) is 58.0 Å². The third-order valence-corrected chi connectivity index (χ3v) is 5.58. The largest absolute Gasteiger partial charge is 0.350 e. The Morgan fingerprint density at radius 1 is 0.774 bits per heavy atom. The van der Waals surface area contributed by atoms with Crippen molar-refractivity contribution in [3.05, 3.63) is 100.0 Å². The van der Waals surface area contributed by atoms with Crippen LogP contribution in [-0.2, 0) is 9.59 Å². The highest BCUT2D eigenvalue weighted by Gasteiger charge is 2.40. The van der Waals surface area contributed by atoms with E-state index in [9.17, 15) is 14.0 Å². The van der Waals surface area contributed by atoms with Gasteiger partial charge in [-0.05, 0) is 80.3 Å². The number of hydrogen-bond acceptors (Lipinski definition) is 3. The number of nitrogens with zero attached hydrogens (tertiary/aromatic N) is 1. The Balaban J connectivity index is 1.87. The first-order chi connectivity index (χ1) is 14.8. The predicted octanol–water partition coefficient (Wildman–Crippen LogP) is 5.46. The van der Waals surface area contributed by atoms with Gasteiger partial charge in [0.15, 0.2) is 0 Å². The minimum absolute atomic E-state index is 0.140. The van der Waals surface area contributed by atoms with Crippen LogP contribution in [0.2, 0.25) is 0 Å². The molecule has 4 nitrogen and oxygen atoms in total. The molecule has 3 aromatic rings. The fourth-order valence-corrected chi connectivity index (χ4v) is 3.80. The first kappa shape index (κ1) is 20.5. The van der Waals surface area contributed by atoms with E-state index in [4.69, 9.17) is 0 Å². The first-order valence-electron chi connectivity index (χ1n) is 10.1. The number of amides is 2. The number of imide groups is 1. The van der Waals surface area contributed by atoms with E-state index in [-0.39, 0.29) is 11.3 Å². The Morgan fingerprint density at radius 3 is 2.23 bits per heavy atom. The van der Waals surface area contributed by atoms with Gasteiger partial charge in [-0.15, -0.1) is 0 Å². The molecule has 0 atom stereocenters. The summed E-state index contributed by atoms with van der Waals surface area (Å²) in [5.74, 6) is -1.30. The number of aryl methyl sites for hydroxylation is 4. The number of halogens is 1. The predicted molar refractivity (Wildman–Crippen MR) is 121 cm³/mol. The number of carbonyl (C=O) groups is 2. The summed E-state index contributed by atoms with van der Waals surface area (Å²) in [4.78, 5) is 28.2. The van der Waals surface area contributed by atoms with Gasteiger partial charge < -0.3 is 5.32 Å². The number of rotatable bonds is 4. The molecular formula is C26H23FN2O2. The highest BCUT2D eigenvalue weighted by molar-refractivity contribution is 6.46. The van der Waals surface area contributed by atoms with Gasteiger partial charge in [-0.25, -0.2) is 9.29 Å². The van der Waals surface area contributed by atoms with Gasteiger partial charge in [0.25, 0.3) is 11.8 Å². The van der Waals surface area contributed by atoms with Crippen LogP contribution in [0.4, 0.5) is 15.8 Å². The minimum atomic E-state index is -0.465. The molecule has 0 unspecified atom stereocenters. The third-order valence-electron chi connectivity index (χ3n) is 5.58. The van der Waals surface area contributed by atoms with Gasteiger partial charge in [-0.2, -0.15) is 0 Å². The van der Waals surface area contributed by atoms with Crippen molar-refractivity contribution in [1.82, 2.24) is 0 Å². The maximum absolute atomic E-state index is 13.7. The molecule has 1 heterocycles. The molecule has 3 aromatic carbocycles. The number of hydrogen-bond donors (Lipinski definition) is 1. The fraction of sp³-hybridized carbons (Fsp3) is 0.154. The summed E-state index contributed by atoms with van der Waals surface area (Å²) in [6.07, 6.45) is 0. The molecule has 0 spiro atoms. The van der Waals surface area contributed by atoms with Crippen molar-refractivity contribution < 1.29 is 14.0 Å². The monoisotopic (exact) mass is 414 g/mol. The smallest absolute Gasteiger partial charge is 0.282 e. The lowest BCUT2D eigenvalue weighted by Crippen LogP contribution is -2.32. The SMILES string of the molecule is Cc1ccc(C2=C(Nc3cccc(F)c3)C(=O)N(c3ccc(C)c(C)c3)C2=O)c(C)c1. The summed E-state index contributed by atoms with van der Waals surface area (Å²) in [6.45, 7) is 7.79. The van der Waals surface area contributed by atoms with Crippen LogP contribution in [0.15, 0.2) is 66.4 Å². The second-order valence-corrected chi connectivity index (χ2v) is 7.92. The molecule has 1 N–H and O–H groups in total. The number of anilines is 2. The summed E-state index contributed by atoms with van der Waals surface area (Å²) in [5, 5.41) is 3.01. The third kappa shape index (κ3) is 3.75. The molecule has 0 bridgehead atoms. The van der Waals surface area contributed by atoms with E-state index in [2.05, 4.69) is 5.32 Å². The summed E-state index contributed by atoms with van der Waals surface area (Å²) >= 11 is 0. The molecule has 4 rings (SSSR count). The maximum atomic E-state index is 13.7. The van der Waals surface area contributed by atoms with E-state index in [1.54, 1.807) is 18.2 Å². The van der Waals surface area contributed by atoms with E-state index in [0.29, 0.717) is 16.9 Å². The van der Waals surface area contributed by atoms with Crippen LogP contribution in [-0.4, -0.2) is 11.8 Å². The topological polar surface area (TPSA) is 49.4 Å². The number of carbonyl (C=O) groups excluding carboxylic acids is 2. The second-order valence-electron chi connectivity index (χ2n) is 7.92. The van der Waals surface area contributed by atoms with Crippen molar-refractivity contribution in [2.75, 3.05) is 10.2 Å². The zero-order chi connectivity index (χ0) is 22.3. The van der Waals surface area contributed by atoms with Crippen LogP contribution < -0.4 is 10.2 Å². The second kappa shape index (κ2) is 7.84. The van der Waals surface area contributed by atoms with Crippen molar-refractivity contribution >= 4 is 28.8 Å². The highest BCUT2D eigenvalue weighted by atomic mass is 19.1. The molecule has 5 heteroatoms. The molecule has 0 saturated carbocycles. The van der Waals surface area contributed by atoms with Crippen molar-refractivity contribution in [3.63, 3.8) is 0 Å². The van der Waals surface area contributed by atoms with Crippen LogP contribution in [0.1, 0.15) is 27.8 Å². The average molecular weight is 414 g/mol. The minimum Gasteiger partial charge on any atom is -0.350 e. The zero-order valence-corrected chi connectivity index (χ0v) is 17.9. The van der Waals surface area contributed by atoms with Gasteiger partial charge in [-0.3, -0.25) is 9.59 Å². The lowest BCUT2D eigenvalue weighted by atomic mass is 9.97. The zero-order valence-electron chi connectivity index (χ0n) is 17.9. The van der Waals surface area contributed by atoms with Crippen molar-refractivity contribution in [1.29, 1.82) is 0 Å². The quantitative estimate of drug-likeness (QED) is 0.577. The van der Waals surface area contributed by atoms with Gasteiger partial charge in [0.2, 0.25) is 0 Å². The summed E-state index contributed by atoms with van der Waals surface area (Å²) in [6, 6.07) is 17.0. The molecule has 0 saturated heterocycles. The number of benzene rings is 3. The van der Waals surface area contributed by atoms with Crippen LogP contribution in [0.25, 0.3) is 5.57 Å². The van der Waals surface area contributed by atoms with Crippen molar-refractivity contribution in [3.8, 4) is 0 Å². The molecule has 0 aliphatic carbocycles. The van der Waals surface area contributed by atoms with Gasteiger partial charge >= 0.3 is 0 Å². The molecule has 0 fully saturated rings. The Bertz CT molecular complexity index is 1260. The summed E-state index contributed by atoms with van der Waals surface area (Å²) in [7, 11) is 0. The normalized spacial score (nSPS) is 13.9. The van der Waals surface area contributed by atoms with Crippen LogP contribution in [0.5, 0.6) is 0 Å². The van der Waals surface area contributed by atoms with E-state index < -0.39 is 17.6 Å². The molecule has 156 valence electrons. The lowest BCUT2D eigenvalue weighted by molar-refractivity contribution is -0.120. The number of nitrogens with one attached hydrogen (secondary N) is 1. The molecule has 1 aliphatic heterocycles. The van der Waals surface area contributed by atoms with Crippen LogP contribution in [0, 0.1) is 33.5 Å². The van der Waals surface area contributed by atoms with E-state index >= 15 is 0 Å². The van der Waals surface area contributed by atoms with Crippen LogP contribution >= 0.6 is 0 Å². The molecule has 1 aliphatic rings. The Hall–Kier alpha value is -3.73. The standard InChI is InChI=1S/C26H23FN2O2/c1-15-8-11-22(18(4)12-15)23-24(28-20-7-5-6-19(27)14-20)26(31)29(25(23)30)21-10-9-16(2)17(3)13-21/h5-14,28H,1-4H3. The molecule has 2 amide bonds. The molecule has 0 aromatic heterocycles. The Labute approximate surface area is 181 Å². The Morgan fingerprint density at radius 2 is 1.55 bits per heavy atom. The molecular weight excluding hydrogens is 391 g/mol. The van der Waals surface area contributed by atoms with Gasteiger partial charge in [0.05, 0.1) is 11.3 Å². The van der Waals surface area contributed by atoms with Crippen LogP contribution in [0.3, 0.4) is 0 Å². The average Bonchev–Trinajstić information content (AvgIpc) is 2.94. The highest BCUT2D eigenvalue weighted by Crippen LogP contribution is 2.35. The van der Waals surface area contributed by atoms with E-state index in [1.165, 1.54) is 17.0 Å². The van der Waals surface area contributed by atoms with Gasteiger partial charge in [-0.1, -0.05) is 35.9 Å². The molecule has 0 radical (unpaired) electrons. The van der Waals surface area contributed by atoms with Crippen molar-refractivity contribution in [2.45, 2.75) is 27.7 Å². The molecule has 31 heavy (non-hydrogen) atoms. The first-order valence-corrected chi connectivity index (χ1v) is 10.1. The lowest BCUT2D eigenvalue weighted by Gasteiger charge is -2.17. The van der Waals surface area contributed by atoms with Gasteiger partial charge in [0, 0.05) is 5.69 Å². The maximum Gasteiger partial charge on any atom is 0.282 e. The Kier molecular flexibility index (Phi) is 5.19.